The van der Waals surface area contributed by atoms with Crippen molar-refractivity contribution in [3.63, 3.8) is 0 Å². The van der Waals surface area contributed by atoms with Gasteiger partial charge in [-0.3, -0.25) is 4.79 Å². The average Bonchev–Trinajstić information content (AvgIpc) is 2.55. The fourth-order valence-electron chi connectivity index (χ4n) is 2.57. The van der Waals surface area contributed by atoms with Crippen molar-refractivity contribution in [2.75, 3.05) is 27.3 Å². The van der Waals surface area contributed by atoms with Gasteiger partial charge in [-0.05, 0) is 30.5 Å². The van der Waals surface area contributed by atoms with Crippen molar-refractivity contribution in [2.24, 2.45) is 0 Å². The summed E-state index contributed by atoms with van der Waals surface area (Å²) in [7, 11) is 3.00. The second-order valence-corrected chi connectivity index (χ2v) is 5.34. The molecule has 2 rings (SSSR count). The van der Waals surface area contributed by atoms with E-state index in [1.165, 1.54) is 7.11 Å². The standard InChI is InChI=1S/C16H22N2O4/c1-21-11-12-4-3-5-13(10-12)15(19)17-14-6-8-18(9-7-14)16(20)22-2/h3-5,10,14H,6-9,11H2,1-2H3,(H,17,19). The third-order valence-electron chi connectivity index (χ3n) is 3.76. The molecular formula is C16H22N2O4. The first-order valence-electron chi connectivity index (χ1n) is 7.35. The van der Waals surface area contributed by atoms with Crippen LogP contribution in [0.1, 0.15) is 28.8 Å². The van der Waals surface area contributed by atoms with Gasteiger partial charge in [0, 0.05) is 31.8 Å². The van der Waals surface area contributed by atoms with E-state index < -0.39 is 0 Å². The SMILES string of the molecule is COCc1cccc(C(=O)NC2CCN(C(=O)OC)CC2)c1. The molecule has 120 valence electrons. The smallest absolute Gasteiger partial charge is 0.409 e. The highest BCUT2D eigenvalue weighted by Gasteiger charge is 2.24. The van der Waals surface area contributed by atoms with Crippen LogP contribution >= 0.6 is 0 Å². The highest BCUT2D eigenvalue weighted by atomic mass is 16.5. The zero-order valence-electron chi connectivity index (χ0n) is 13.0. The highest BCUT2D eigenvalue weighted by Crippen LogP contribution is 2.13. The second-order valence-electron chi connectivity index (χ2n) is 5.34. The van der Waals surface area contributed by atoms with Crippen LogP contribution in [0.2, 0.25) is 0 Å². The van der Waals surface area contributed by atoms with E-state index in [0.717, 1.165) is 18.4 Å². The molecular weight excluding hydrogens is 284 g/mol. The lowest BCUT2D eigenvalue weighted by molar-refractivity contribution is 0.0892. The van der Waals surface area contributed by atoms with Crippen LogP contribution in [0.25, 0.3) is 0 Å². The molecule has 1 fully saturated rings. The minimum atomic E-state index is -0.308. The van der Waals surface area contributed by atoms with Crippen molar-refractivity contribution in [3.8, 4) is 0 Å². The van der Waals surface area contributed by atoms with Crippen LogP contribution in [0.5, 0.6) is 0 Å². The van der Waals surface area contributed by atoms with E-state index in [0.29, 0.717) is 25.3 Å². The summed E-state index contributed by atoms with van der Waals surface area (Å²) in [5, 5.41) is 3.02. The van der Waals surface area contributed by atoms with E-state index >= 15 is 0 Å². The summed E-state index contributed by atoms with van der Waals surface area (Å²) >= 11 is 0. The summed E-state index contributed by atoms with van der Waals surface area (Å²) in [6, 6.07) is 7.48. The third-order valence-corrected chi connectivity index (χ3v) is 3.76. The molecule has 1 aliphatic rings. The van der Waals surface area contributed by atoms with Crippen LogP contribution < -0.4 is 5.32 Å². The quantitative estimate of drug-likeness (QED) is 0.921. The maximum absolute atomic E-state index is 12.3. The topological polar surface area (TPSA) is 67.9 Å². The molecule has 6 heteroatoms. The number of methoxy groups -OCH3 is 2. The van der Waals surface area contributed by atoms with Crippen LogP contribution in [-0.4, -0.2) is 50.3 Å². The van der Waals surface area contributed by atoms with Crippen molar-refractivity contribution in [3.05, 3.63) is 35.4 Å². The molecule has 1 aromatic rings. The van der Waals surface area contributed by atoms with Gasteiger partial charge in [0.05, 0.1) is 13.7 Å². The number of likely N-dealkylation sites (tertiary alicyclic amines) is 1. The Morgan fingerprint density at radius 1 is 1.27 bits per heavy atom. The van der Waals surface area contributed by atoms with Gasteiger partial charge in [-0.2, -0.15) is 0 Å². The van der Waals surface area contributed by atoms with Crippen LogP contribution in [0, 0.1) is 0 Å². The molecule has 0 saturated carbocycles. The van der Waals surface area contributed by atoms with Gasteiger partial charge in [0.2, 0.25) is 0 Å². The van der Waals surface area contributed by atoms with Crippen molar-refractivity contribution in [1.29, 1.82) is 0 Å². The number of nitrogens with one attached hydrogen (secondary N) is 1. The molecule has 1 aromatic carbocycles. The molecule has 0 unspecified atom stereocenters. The number of hydrogen-bond acceptors (Lipinski definition) is 4. The number of ether oxygens (including phenoxy) is 2. The Hall–Kier alpha value is -2.08. The van der Waals surface area contributed by atoms with Gasteiger partial charge in [-0.25, -0.2) is 4.79 Å². The lowest BCUT2D eigenvalue weighted by atomic mass is 10.0. The molecule has 22 heavy (non-hydrogen) atoms. The van der Waals surface area contributed by atoms with E-state index in [-0.39, 0.29) is 18.0 Å². The number of rotatable bonds is 4. The minimum absolute atomic E-state index is 0.0829. The van der Waals surface area contributed by atoms with Gasteiger partial charge >= 0.3 is 6.09 Å². The number of benzene rings is 1. The molecule has 0 radical (unpaired) electrons. The van der Waals surface area contributed by atoms with Crippen LogP contribution in [0.3, 0.4) is 0 Å². The predicted octanol–water partition coefficient (Wildman–Crippen LogP) is 1.79. The lowest BCUT2D eigenvalue weighted by Crippen LogP contribution is -2.46. The summed E-state index contributed by atoms with van der Waals surface area (Å²) in [6.07, 6.45) is 1.16. The Bertz CT molecular complexity index is 525. The van der Waals surface area contributed by atoms with E-state index in [2.05, 4.69) is 5.32 Å². The zero-order chi connectivity index (χ0) is 15.9. The van der Waals surface area contributed by atoms with E-state index in [9.17, 15) is 9.59 Å². The second kappa shape index (κ2) is 7.79. The summed E-state index contributed by atoms with van der Waals surface area (Å²) < 4.78 is 9.78. The summed E-state index contributed by atoms with van der Waals surface area (Å²) in [4.78, 5) is 25.4. The monoisotopic (exact) mass is 306 g/mol. The molecule has 1 N–H and O–H groups in total. The van der Waals surface area contributed by atoms with Gasteiger partial charge in [0.15, 0.2) is 0 Å². The molecule has 2 amide bonds. The van der Waals surface area contributed by atoms with Gasteiger partial charge < -0.3 is 19.7 Å². The number of carbonyl (C=O) groups excluding carboxylic acids is 2. The largest absolute Gasteiger partial charge is 0.453 e. The van der Waals surface area contributed by atoms with Crippen LogP contribution in [-0.2, 0) is 16.1 Å². The molecule has 1 aliphatic heterocycles. The Morgan fingerprint density at radius 2 is 2.00 bits per heavy atom. The number of nitrogens with zero attached hydrogens (tertiary/aromatic N) is 1. The summed E-state index contributed by atoms with van der Waals surface area (Å²) in [5.74, 6) is -0.0885. The number of amides is 2. The Labute approximate surface area is 130 Å². The van der Waals surface area contributed by atoms with Crippen molar-refractivity contribution in [2.45, 2.75) is 25.5 Å². The summed E-state index contributed by atoms with van der Waals surface area (Å²) in [6.45, 7) is 1.68. The molecule has 6 nitrogen and oxygen atoms in total. The highest BCUT2D eigenvalue weighted by molar-refractivity contribution is 5.94. The van der Waals surface area contributed by atoms with E-state index in [4.69, 9.17) is 9.47 Å². The Balaban J connectivity index is 1.88. The maximum atomic E-state index is 12.3. The van der Waals surface area contributed by atoms with E-state index in [1.54, 1.807) is 18.1 Å². The molecule has 1 saturated heterocycles. The van der Waals surface area contributed by atoms with Gasteiger partial charge in [-0.15, -0.1) is 0 Å². The molecule has 0 aliphatic carbocycles. The first-order chi connectivity index (χ1) is 10.6. The van der Waals surface area contributed by atoms with Crippen LogP contribution in [0.4, 0.5) is 4.79 Å². The predicted molar refractivity (Wildman–Crippen MR) is 81.6 cm³/mol. The molecule has 1 heterocycles. The van der Waals surface area contributed by atoms with Crippen LogP contribution in [0.15, 0.2) is 24.3 Å². The Kier molecular flexibility index (Phi) is 5.77. The molecule has 0 spiro atoms. The maximum Gasteiger partial charge on any atom is 0.409 e. The minimum Gasteiger partial charge on any atom is -0.453 e. The number of carbonyl (C=O) groups is 2. The normalized spacial score (nSPS) is 15.5. The first kappa shape index (κ1) is 16.3. The number of piperidine rings is 1. The Morgan fingerprint density at radius 3 is 2.64 bits per heavy atom. The molecule has 0 bridgehead atoms. The first-order valence-corrected chi connectivity index (χ1v) is 7.35. The van der Waals surface area contributed by atoms with Gasteiger partial charge in [0.25, 0.3) is 5.91 Å². The summed E-state index contributed by atoms with van der Waals surface area (Å²) in [5.41, 5.74) is 1.60. The third kappa shape index (κ3) is 4.21. The fraction of sp³-hybridized carbons (Fsp3) is 0.500. The van der Waals surface area contributed by atoms with Gasteiger partial charge in [-0.1, -0.05) is 12.1 Å². The molecule has 0 aromatic heterocycles. The van der Waals surface area contributed by atoms with Gasteiger partial charge in [0.1, 0.15) is 0 Å². The van der Waals surface area contributed by atoms with Crippen molar-refractivity contribution >= 4 is 12.0 Å². The fourth-order valence-corrected chi connectivity index (χ4v) is 2.57. The average molecular weight is 306 g/mol. The lowest BCUT2D eigenvalue weighted by Gasteiger charge is -2.31. The van der Waals surface area contributed by atoms with Crippen molar-refractivity contribution in [1.82, 2.24) is 10.2 Å². The zero-order valence-corrected chi connectivity index (χ0v) is 13.0. The molecule has 0 atom stereocenters. The van der Waals surface area contributed by atoms with E-state index in [1.807, 2.05) is 18.2 Å². The van der Waals surface area contributed by atoms with Crippen molar-refractivity contribution < 1.29 is 19.1 Å². The number of hydrogen-bond donors (Lipinski definition) is 1.